The molecule has 0 aliphatic rings. The van der Waals surface area contributed by atoms with E-state index < -0.39 is 0 Å². The van der Waals surface area contributed by atoms with Crippen molar-refractivity contribution >= 4 is 54.5 Å². The van der Waals surface area contributed by atoms with Crippen LogP contribution in [0.1, 0.15) is 15.9 Å². The van der Waals surface area contributed by atoms with E-state index in [1.807, 2.05) is 66.7 Å². The lowest BCUT2D eigenvalue weighted by atomic mass is 10.0. The third-order valence-electron chi connectivity index (χ3n) is 5.58. The molecule has 0 aliphatic carbocycles. The van der Waals surface area contributed by atoms with Crippen LogP contribution in [0.3, 0.4) is 0 Å². The van der Waals surface area contributed by atoms with E-state index in [9.17, 15) is 4.79 Å². The maximum absolute atomic E-state index is 13.2. The van der Waals surface area contributed by atoms with Crippen LogP contribution in [0.2, 0.25) is 0 Å². The van der Waals surface area contributed by atoms with Gasteiger partial charge >= 0.3 is 0 Å². The van der Waals surface area contributed by atoms with Gasteiger partial charge in [-0.25, -0.2) is 4.98 Å². The Morgan fingerprint density at radius 3 is 2.58 bits per heavy atom. The highest BCUT2D eigenvalue weighted by atomic mass is 79.9. The minimum atomic E-state index is -0.0155. The highest BCUT2D eigenvalue weighted by Crippen LogP contribution is 2.33. The number of fused-ring (bicyclic) bond motifs is 4. The van der Waals surface area contributed by atoms with Gasteiger partial charge in [-0.1, -0.05) is 58.4 Å². The third kappa shape index (κ3) is 2.89. The van der Waals surface area contributed by atoms with E-state index in [-0.39, 0.29) is 5.78 Å². The number of benzene rings is 3. The second-order valence-electron chi connectivity index (χ2n) is 7.42. The smallest absolute Gasteiger partial charge is 0.193 e. The van der Waals surface area contributed by atoms with E-state index in [0.29, 0.717) is 11.1 Å². The summed E-state index contributed by atoms with van der Waals surface area (Å²) >= 11 is 3.45. The van der Waals surface area contributed by atoms with Crippen molar-refractivity contribution in [3.63, 3.8) is 0 Å². The number of carbonyl (C=O) groups is 1. The van der Waals surface area contributed by atoms with Crippen molar-refractivity contribution in [1.29, 1.82) is 0 Å². The number of rotatable bonds is 3. The zero-order valence-electron chi connectivity index (χ0n) is 16.2. The van der Waals surface area contributed by atoms with Gasteiger partial charge in [0.05, 0.1) is 23.5 Å². The zero-order valence-corrected chi connectivity index (χ0v) is 17.8. The van der Waals surface area contributed by atoms with E-state index in [1.165, 1.54) is 0 Å². The van der Waals surface area contributed by atoms with Gasteiger partial charge in [-0.2, -0.15) is 0 Å². The lowest BCUT2D eigenvalue weighted by Gasteiger charge is -2.08. The van der Waals surface area contributed by atoms with Crippen molar-refractivity contribution < 1.29 is 9.21 Å². The molecule has 0 aliphatic heterocycles. The minimum absolute atomic E-state index is 0.0155. The molecule has 148 valence electrons. The molecule has 3 aromatic heterocycles. The van der Waals surface area contributed by atoms with Crippen molar-refractivity contribution in [3.8, 4) is 5.82 Å². The number of para-hydroxylation sites is 1. The van der Waals surface area contributed by atoms with Crippen LogP contribution >= 0.6 is 15.9 Å². The Morgan fingerprint density at radius 1 is 0.839 bits per heavy atom. The number of ketones is 1. The number of carbonyl (C=O) groups excluding carboxylic acids is 1. The molecule has 0 N–H and O–H groups in total. The van der Waals surface area contributed by atoms with Crippen LogP contribution < -0.4 is 0 Å². The molecule has 0 atom stereocenters. The molecular weight excluding hydrogens is 452 g/mol. The van der Waals surface area contributed by atoms with Crippen molar-refractivity contribution in [2.75, 3.05) is 0 Å². The predicted octanol–water partition coefficient (Wildman–Crippen LogP) is 6.92. The number of pyridine rings is 1. The van der Waals surface area contributed by atoms with Crippen LogP contribution in [0.4, 0.5) is 0 Å². The summed E-state index contributed by atoms with van der Waals surface area (Å²) in [6.45, 7) is 0. The summed E-state index contributed by atoms with van der Waals surface area (Å²) in [7, 11) is 0. The average Bonchev–Trinajstić information content (AvgIpc) is 3.40. The van der Waals surface area contributed by atoms with Gasteiger partial charge in [-0.3, -0.25) is 9.36 Å². The van der Waals surface area contributed by atoms with Gasteiger partial charge in [-0.05, 0) is 36.4 Å². The minimum Gasteiger partial charge on any atom is -0.463 e. The number of halogens is 1. The largest absolute Gasteiger partial charge is 0.463 e. The first-order chi connectivity index (χ1) is 15.2. The molecule has 0 amide bonds. The molecule has 3 aromatic carbocycles. The molecule has 31 heavy (non-hydrogen) atoms. The molecule has 0 saturated carbocycles. The second-order valence-corrected chi connectivity index (χ2v) is 8.34. The average molecular weight is 467 g/mol. The first-order valence-electron chi connectivity index (χ1n) is 9.86. The maximum Gasteiger partial charge on any atom is 0.193 e. The summed E-state index contributed by atoms with van der Waals surface area (Å²) in [5.41, 5.74) is 4.01. The topological polar surface area (TPSA) is 48.0 Å². The Kier molecular flexibility index (Phi) is 4.04. The lowest BCUT2D eigenvalue weighted by molar-refractivity contribution is 0.103. The Bertz CT molecular complexity index is 1630. The third-order valence-corrected chi connectivity index (χ3v) is 6.07. The monoisotopic (exact) mass is 466 g/mol. The van der Waals surface area contributed by atoms with Crippen LogP contribution in [0, 0.1) is 0 Å². The van der Waals surface area contributed by atoms with Crippen LogP contribution in [-0.2, 0) is 0 Å². The van der Waals surface area contributed by atoms with Gasteiger partial charge in [0, 0.05) is 31.8 Å². The molecule has 0 unspecified atom stereocenters. The summed E-state index contributed by atoms with van der Waals surface area (Å²) < 4.78 is 8.44. The summed E-state index contributed by atoms with van der Waals surface area (Å²) in [6, 6.07) is 25.5. The highest BCUT2D eigenvalue weighted by Gasteiger charge is 2.17. The molecule has 0 spiro atoms. The van der Waals surface area contributed by atoms with Gasteiger partial charge in [-0.15, -0.1) is 0 Å². The Morgan fingerprint density at radius 2 is 1.68 bits per heavy atom. The van der Waals surface area contributed by atoms with Gasteiger partial charge in [0.25, 0.3) is 0 Å². The van der Waals surface area contributed by atoms with Gasteiger partial charge < -0.3 is 4.42 Å². The fraction of sp³-hybridized carbons (Fsp3) is 0. The molecule has 0 fully saturated rings. The summed E-state index contributed by atoms with van der Waals surface area (Å²) in [6.07, 6.45) is 3.40. The highest BCUT2D eigenvalue weighted by molar-refractivity contribution is 9.10. The van der Waals surface area contributed by atoms with E-state index >= 15 is 0 Å². The molecule has 0 bridgehead atoms. The van der Waals surface area contributed by atoms with E-state index in [4.69, 9.17) is 4.42 Å². The second kappa shape index (κ2) is 6.93. The number of aromatic nitrogens is 2. The molecule has 6 aromatic rings. The summed E-state index contributed by atoms with van der Waals surface area (Å²) in [4.78, 5) is 17.8. The number of hydrogen-bond donors (Lipinski definition) is 0. The Balaban J connectivity index is 1.62. The normalized spacial score (nSPS) is 11.5. The number of nitrogens with zero attached hydrogens (tertiary/aromatic N) is 2. The van der Waals surface area contributed by atoms with E-state index in [2.05, 4.69) is 37.6 Å². The Hall–Kier alpha value is -3.70. The van der Waals surface area contributed by atoms with E-state index in [1.54, 1.807) is 12.5 Å². The van der Waals surface area contributed by atoms with Crippen molar-refractivity contribution in [2.24, 2.45) is 0 Å². The Labute approximate surface area is 185 Å². The van der Waals surface area contributed by atoms with Gasteiger partial charge in [0.1, 0.15) is 5.82 Å². The van der Waals surface area contributed by atoms with Gasteiger partial charge in [0.2, 0.25) is 0 Å². The molecule has 6 rings (SSSR count). The number of hydrogen-bond acceptors (Lipinski definition) is 3. The first kappa shape index (κ1) is 18.1. The summed E-state index contributed by atoms with van der Waals surface area (Å²) in [5.74, 6) is 0.769. The van der Waals surface area contributed by atoms with Crippen LogP contribution in [0.5, 0.6) is 0 Å². The van der Waals surface area contributed by atoms with E-state index in [0.717, 1.165) is 43.1 Å². The van der Waals surface area contributed by atoms with Crippen molar-refractivity contribution in [3.05, 3.63) is 107 Å². The van der Waals surface area contributed by atoms with Crippen LogP contribution in [0.15, 0.2) is 100 Å². The standard InChI is InChI=1S/C26H15BrN2O2/c27-19-5-3-4-17(12-19)26(30)18-8-9-21-20-6-1-2-7-22(20)29(23(21)13-18)25-14-16-10-11-31-24(16)15-28-25/h1-15H. The fourth-order valence-electron chi connectivity index (χ4n) is 4.13. The van der Waals surface area contributed by atoms with Crippen molar-refractivity contribution in [2.45, 2.75) is 0 Å². The molecule has 4 nitrogen and oxygen atoms in total. The molecule has 0 saturated heterocycles. The first-order valence-corrected chi connectivity index (χ1v) is 10.7. The quantitative estimate of drug-likeness (QED) is 0.266. The van der Waals surface area contributed by atoms with Crippen LogP contribution in [-0.4, -0.2) is 15.3 Å². The predicted molar refractivity (Wildman–Crippen MR) is 126 cm³/mol. The number of furan rings is 1. The molecule has 5 heteroatoms. The summed E-state index contributed by atoms with van der Waals surface area (Å²) in [5, 5.41) is 3.18. The maximum atomic E-state index is 13.2. The molecular formula is C26H15BrN2O2. The zero-order chi connectivity index (χ0) is 20.9. The fourth-order valence-corrected chi connectivity index (χ4v) is 4.53. The van der Waals surface area contributed by atoms with Crippen molar-refractivity contribution in [1.82, 2.24) is 9.55 Å². The van der Waals surface area contributed by atoms with Gasteiger partial charge in [0.15, 0.2) is 11.4 Å². The lowest BCUT2D eigenvalue weighted by Crippen LogP contribution is -2.02. The molecule has 3 heterocycles. The SMILES string of the molecule is O=C(c1cccc(Br)c1)c1ccc2c3ccccc3n(-c3cc4ccoc4cn3)c2c1. The van der Waals surface area contributed by atoms with Crippen LogP contribution in [0.25, 0.3) is 38.6 Å². The molecule has 0 radical (unpaired) electrons.